The van der Waals surface area contributed by atoms with E-state index < -0.39 is 17.8 Å². The number of tetrazole rings is 1. The second-order valence-corrected chi connectivity index (χ2v) is 4.26. The summed E-state index contributed by atoms with van der Waals surface area (Å²) in [7, 11) is 1.54. The highest BCUT2D eigenvalue weighted by atomic mass is 19.4. The van der Waals surface area contributed by atoms with E-state index in [0.29, 0.717) is 0 Å². The van der Waals surface area contributed by atoms with Crippen LogP contribution < -0.4 is 5.73 Å². The van der Waals surface area contributed by atoms with Crippen LogP contribution in [0.25, 0.3) is 0 Å². The maximum atomic E-state index is 12.6. The Morgan fingerprint density at radius 2 is 2.10 bits per heavy atom. The lowest BCUT2D eigenvalue weighted by Crippen LogP contribution is -2.11. The number of nitrogens with zero attached hydrogens (tertiary/aromatic N) is 4. The molecule has 0 spiro atoms. The van der Waals surface area contributed by atoms with E-state index in [0.717, 1.165) is 18.2 Å². The Kier molecular flexibility index (Phi) is 3.62. The van der Waals surface area contributed by atoms with Crippen LogP contribution in [-0.4, -0.2) is 25.3 Å². The summed E-state index contributed by atoms with van der Waals surface area (Å²) in [6.45, 7) is 0. The van der Waals surface area contributed by atoms with E-state index in [1.54, 1.807) is 7.05 Å². The summed E-state index contributed by atoms with van der Waals surface area (Å²) in [5.41, 5.74) is 4.81. The number of hydrogen-bond donors (Lipinski definition) is 2. The molecule has 2 rings (SSSR count). The van der Waals surface area contributed by atoms with Crippen molar-refractivity contribution in [3.8, 4) is 0 Å². The number of halogens is 3. The molecule has 0 bridgehead atoms. The number of aryl methyl sites for hydroxylation is 1. The van der Waals surface area contributed by atoms with Gasteiger partial charge in [0.2, 0.25) is 0 Å². The minimum Gasteiger partial charge on any atom is -0.398 e. The van der Waals surface area contributed by atoms with E-state index in [9.17, 15) is 18.3 Å². The van der Waals surface area contributed by atoms with Crippen molar-refractivity contribution in [3.63, 3.8) is 0 Å². The van der Waals surface area contributed by atoms with Gasteiger partial charge < -0.3 is 10.8 Å². The molecule has 0 amide bonds. The average Bonchev–Trinajstić information content (AvgIpc) is 2.73. The van der Waals surface area contributed by atoms with Gasteiger partial charge in [-0.3, -0.25) is 0 Å². The smallest absolute Gasteiger partial charge is 0.398 e. The maximum Gasteiger partial charge on any atom is 0.416 e. The van der Waals surface area contributed by atoms with E-state index in [-0.39, 0.29) is 23.5 Å². The number of alkyl halides is 3. The largest absolute Gasteiger partial charge is 0.416 e. The Labute approximate surface area is 112 Å². The molecule has 20 heavy (non-hydrogen) atoms. The van der Waals surface area contributed by atoms with E-state index in [1.165, 1.54) is 4.80 Å². The molecule has 0 fully saturated rings. The van der Waals surface area contributed by atoms with Crippen molar-refractivity contribution in [2.45, 2.75) is 18.7 Å². The average molecular weight is 287 g/mol. The van der Waals surface area contributed by atoms with Crippen molar-refractivity contribution in [1.29, 1.82) is 0 Å². The summed E-state index contributed by atoms with van der Waals surface area (Å²) in [5, 5.41) is 21.1. The zero-order valence-corrected chi connectivity index (χ0v) is 10.5. The molecule has 0 saturated heterocycles. The summed E-state index contributed by atoms with van der Waals surface area (Å²) in [6, 6.07) is 2.81. The molecule has 6 nitrogen and oxygen atoms in total. The van der Waals surface area contributed by atoms with E-state index >= 15 is 0 Å². The van der Waals surface area contributed by atoms with Crippen LogP contribution in [0.1, 0.15) is 23.1 Å². The van der Waals surface area contributed by atoms with E-state index in [2.05, 4.69) is 15.4 Å². The molecule has 2 aromatic rings. The molecule has 1 heterocycles. The van der Waals surface area contributed by atoms with Crippen LogP contribution in [-0.2, 0) is 19.6 Å². The zero-order chi connectivity index (χ0) is 14.9. The van der Waals surface area contributed by atoms with Crippen LogP contribution in [0.4, 0.5) is 18.9 Å². The van der Waals surface area contributed by atoms with Gasteiger partial charge in [-0.05, 0) is 23.4 Å². The summed E-state index contributed by atoms with van der Waals surface area (Å²) >= 11 is 0. The molecule has 1 unspecified atom stereocenters. The summed E-state index contributed by atoms with van der Waals surface area (Å²) in [6.07, 6.45) is -5.80. The minimum absolute atomic E-state index is 0.00715. The quantitative estimate of drug-likeness (QED) is 0.825. The van der Waals surface area contributed by atoms with Crippen molar-refractivity contribution in [1.82, 2.24) is 20.2 Å². The molecule has 0 radical (unpaired) electrons. The third-order valence-corrected chi connectivity index (χ3v) is 2.70. The van der Waals surface area contributed by atoms with Crippen molar-refractivity contribution < 1.29 is 18.3 Å². The standard InChI is InChI=1S/C11H12F3N5O/c1-19-17-10(16-18-19)5-9(20)7-4-6(11(12,13)14)2-3-8(7)15/h2-4,9,20H,5,15H2,1H3. The molecule has 108 valence electrons. The summed E-state index contributed by atoms with van der Waals surface area (Å²) in [5.74, 6) is 0.219. The van der Waals surface area contributed by atoms with Gasteiger partial charge in [-0.2, -0.15) is 18.0 Å². The molecular formula is C11H12F3N5O. The van der Waals surface area contributed by atoms with E-state index in [4.69, 9.17) is 5.73 Å². The van der Waals surface area contributed by atoms with Crippen molar-refractivity contribution in [3.05, 3.63) is 35.2 Å². The lowest BCUT2D eigenvalue weighted by molar-refractivity contribution is -0.137. The first-order valence-corrected chi connectivity index (χ1v) is 5.65. The molecule has 0 aliphatic heterocycles. The number of aliphatic hydroxyl groups is 1. The van der Waals surface area contributed by atoms with E-state index in [1.807, 2.05) is 0 Å². The van der Waals surface area contributed by atoms with Crippen LogP contribution in [0, 0.1) is 0 Å². The number of aromatic nitrogens is 4. The Hall–Kier alpha value is -2.16. The Balaban J connectivity index is 2.27. The topological polar surface area (TPSA) is 89.8 Å². The van der Waals surface area contributed by atoms with Crippen LogP contribution in [0.2, 0.25) is 0 Å². The molecule has 0 aliphatic rings. The lowest BCUT2D eigenvalue weighted by Gasteiger charge is -2.14. The monoisotopic (exact) mass is 287 g/mol. The normalized spacial score (nSPS) is 13.4. The van der Waals surface area contributed by atoms with Gasteiger partial charge in [0.15, 0.2) is 5.82 Å². The second-order valence-electron chi connectivity index (χ2n) is 4.26. The maximum absolute atomic E-state index is 12.6. The number of aliphatic hydroxyl groups excluding tert-OH is 1. The third kappa shape index (κ3) is 3.05. The number of nitrogens with two attached hydrogens (primary N) is 1. The second kappa shape index (κ2) is 5.08. The molecule has 9 heteroatoms. The van der Waals surface area contributed by atoms with Crippen LogP contribution in [0.15, 0.2) is 18.2 Å². The van der Waals surface area contributed by atoms with Gasteiger partial charge in [0.05, 0.1) is 18.7 Å². The predicted molar refractivity (Wildman–Crippen MR) is 63.3 cm³/mol. The number of anilines is 1. The fraction of sp³-hybridized carbons (Fsp3) is 0.364. The highest BCUT2D eigenvalue weighted by Crippen LogP contribution is 2.33. The molecule has 1 aromatic heterocycles. The zero-order valence-electron chi connectivity index (χ0n) is 10.5. The van der Waals surface area contributed by atoms with Gasteiger partial charge in [0, 0.05) is 17.7 Å². The number of rotatable bonds is 3. The SMILES string of the molecule is Cn1nnc(CC(O)c2cc(C(F)(F)F)ccc2N)n1. The van der Waals surface area contributed by atoms with Gasteiger partial charge in [0.1, 0.15) is 0 Å². The first-order valence-electron chi connectivity index (χ1n) is 5.65. The first-order chi connectivity index (χ1) is 9.27. The fourth-order valence-corrected chi connectivity index (χ4v) is 1.73. The minimum atomic E-state index is -4.49. The Morgan fingerprint density at radius 1 is 1.40 bits per heavy atom. The highest BCUT2D eigenvalue weighted by Gasteiger charge is 2.31. The fourth-order valence-electron chi connectivity index (χ4n) is 1.73. The molecular weight excluding hydrogens is 275 g/mol. The third-order valence-electron chi connectivity index (χ3n) is 2.70. The molecule has 3 N–H and O–H groups in total. The van der Waals surface area contributed by atoms with Gasteiger partial charge >= 0.3 is 6.18 Å². The van der Waals surface area contributed by atoms with Crippen LogP contribution in [0.5, 0.6) is 0 Å². The van der Waals surface area contributed by atoms with Gasteiger partial charge in [0.25, 0.3) is 0 Å². The molecule has 1 aromatic carbocycles. The molecule has 1 atom stereocenters. The van der Waals surface area contributed by atoms with Crippen molar-refractivity contribution >= 4 is 5.69 Å². The molecule has 0 saturated carbocycles. The number of nitrogen functional groups attached to an aromatic ring is 1. The highest BCUT2D eigenvalue weighted by molar-refractivity contribution is 5.50. The number of benzene rings is 1. The van der Waals surface area contributed by atoms with Crippen LogP contribution in [0.3, 0.4) is 0 Å². The Morgan fingerprint density at radius 3 is 2.65 bits per heavy atom. The number of hydrogen-bond acceptors (Lipinski definition) is 5. The van der Waals surface area contributed by atoms with Gasteiger partial charge in [-0.25, -0.2) is 0 Å². The predicted octanol–water partition coefficient (Wildman–Crippen LogP) is 1.09. The van der Waals surface area contributed by atoms with Crippen LogP contribution >= 0.6 is 0 Å². The van der Waals surface area contributed by atoms with Gasteiger partial charge in [-0.1, -0.05) is 0 Å². The Bertz CT molecular complexity index is 610. The van der Waals surface area contributed by atoms with Gasteiger partial charge in [-0.15, -0.1) is 10.2 Å². The first kappa shape index (κ1) is 14.3. The van der Waals surface area contributed by atoms with Crippen molar-refractivity contribution in [2.75, 3.05) is 5.73 Å². The summed E-state index contributed by atoms with van der Waals surface area (Å²) in [4.78, 5) is 1.19. The molecule has 0 aliphatic carbocycles. The summed E-state index contributed by atoms with van der Waals surface area (Å²) < 4.78 is 37.9. The lowest BCUT2D eigenvalue weighted by atomic mass is 10.0. The van der Waals surface area contributed by atoms with Crippen molar-refractivity contribution in [2.24, 2.45) is 7.05 Å².